The van der Waals surface area contributed by atoms with E-state index in [0.717, 1.165) is 22.0 Å². The Morgan fingerprint density at radius 1 is 1.25 bits per heavy atom. The molecule has 0 amide bonds. The van der Waals surface area contributed by atoms with E-state index in [-0.39, 0.29) is 0 Å². The van der Waals surface area contributed by atoms with Crippen LogP contribution in [0.2, 0.25) is 0 Å². The smallest absolute Gasteiger partial charge is 0.0994 e. The summed E-state index contributed by atoms with van der Waals surface area (Å²) >= 11 is 3.44. The number of hydrogen-bond donors (Lipinski definition) is 0. The lowest BCUT2D eigenvalue weighted by atomic mass is 9.92. The summed E-state index contributed by atoms with van der Waals surface area (Å²) < 4.78 is 0.920. The van der Waals surface area contributed by atoms with Crippen LogP contribution >= 0.6 is 15.9 Å². The number of nitrogens with zero attached hydrogens (tertiary/aromatic N) is 2. The molecule has 0 aromatic heterocycles. The van der Waals surface area contributed by atoms with Crippen molar-refractivity contribution in [3.63, 3.8) is 0 Å². The number of hydrogen-bond acceptors (Lipinski definition) is 2. The SMILES string of the molecule is CC(C)Cc1c(C#N)ccc(Br)c1CC#N. The van der Waals surface area contributed by atoms with Gasteiger partial charge in [-0.1, -0.05) is 29.8 Å². The van der Waals surface area contributed by atoms with Crippen LogP contribution in [0.4, 0.5) is 0 Å². The van der Waals surface area contributed by atoms with Crippen molar-refractivity contribution in [2.75, 3.05) is 0 Å². The van der Waals surface area contributed by atoms with Gasteiger partial charge in [-0.05, 0) is 35.6 Å². The minimum absolute atomic E-state index is 0.345. The highest BCUT2D eigenvalue weighted by atomic mass is 79.9. The Labute approximate surface area is 105 Å². The monoisotopic (exact) mass is 276 g/mol. The van der Waals surface area contributed by atoms with Crippen LogP contribution in [0, 0.1) is 28.6 Å². The van der Waals surface area contributed by atoms with Crippen molar-refractivity contribution < 1.29 is 0 Å². The first-order valence-electron chi connectivity index (χ1n) is 5.17. The minimum Gasteiger partial charge on any atom is -0.198 e. The molecule has 0 saturated carbocycles. The zero-order valence-corrected chi connectivity index (χ0v) is 11.0. The first-order chi connectivity index (χ1) is 7.60. The van der Waals surface area contributed by atoms with Crippen molar-refractivity contribution in [1.29, 1.82) is 10.5 Å². The summed E-state index contributed by atoms with van der Waals surface area (Å²) in [6, 6.07) is 8.00. The first kappa shape index (κ1) is 12.7. The quantitative estimate of drug-likeness (QED) is 0.847. The van der Waals surface area contributed by atoms with Crippen LogP contribution < -0.4 is 0 Å². The molecule has 0 fully saturated rings. The minimum atomic E-state index is 0.345. The summed E-state index contributed by atoms with van der Waals surface area (Å²) in [5.74, 6) is 0.471. The van der Waals surface area contributed by atoms with E-state index in [2.05, 4.69) is 41.9 Å². The zero-order valence-electron chi connectivity index (χ0n) is 9.42. The van der Waals surface area contributed by atoms with Gasteiger partial charge < -0.3 is 0 Å². The van der Waals surface area contributed by atoms with Crippen LogP contribution in [0.5, 0.6) is 0 Å². The maximum absolute atomic E-state index is 9.07. The predicted molar refractivity (Wildman–Crippen MR) is 66.7 cm³/mol. The molecule has 0 atom stereocenters. The van der Waals surface area contributed by atoms with Gasteiger partial charge >= 0.3 is 0 Å². The topological polar surface area (TPSA) is 47.6 Å². The lowest BCUT2D eigenvalue weighted by molar-refractivity contribution is 0.642. The molecule has 0 radical (unpaired) electrons. The number of nitriles is 2. The third-order valence-electron chi connectivity index (χ3n) is 2.36. The summed E-state index contributed by atoms with van der Waals surface area (Å²) in [4.78, 5) is 0. The van der Waals surface area contributed by atoms with Crippen LogP contribution in [-0.2, 0) is 12.8 Å². The number of halogens is 1. The van der Waals surface area contributed by atoms with Gasteiger partial charge in [0, 0.05) is 4.47 Å². The van der Waals surface area contributed by atoms with Gasteiger partial charge in [0.15, 0.2) is 0 Å². The second-order valence-corrected chi connectivity index (χ2v) is 4.95. The Hall–Kier alpha value is -1.32. The van der Waals surface area contributed by atoms with Crippen molar-refractivity contribution >= 4 is 15.9 Å². The fourth-order valence-electron chi connectivity index (χ4n) is 1.68. The van der Waals surface area contributed by atoms with E-state index >= 15 is 0 Å². The van der Waals surface area contributed by atoms with Crippen LogP contribution in [0.3, 0.4) is 0 Å². The van der Waals surface area contributed by atoms with Crippen molar-refractivity contribution in [1.82, 2.24) is 0 Å². The molecule has 0 N–H and O–H groups in total. The van der Waals surface area contributed by atoms with Gasteiger partial charge in [-0.2, -0.15) is 10.5 Å². The maximum atomic E-state index is 9.07. The summed E-state index contributed by atoms with van der Waals surface area (Å²) in [6.07, 6.45) is 1.18. The lowest BCUT2D eigenvalue weighted by Gasteiger charge is -2.13. The van der Waals surface area contributed by atoms with Crippen LogP contribution in [0.15, 0.2) is 16.6 Å². The van der Waals surface area contributed by atoms with E-state index in [1.165, 1.54) is 0 Å². The molecule has 0 heterocycles. The molecule has 1 aromatic rings. The van der Waals surface area contributed by atoms with Crippen LogP contribution in [-0.4, -0.2) is 0 Å². The Morgan fingerprint density at radius 3 is 2.44 bits per heavy atom. The van der Waals surface area contributed by atoms with Crippen molar-refractivity contribution in [3.8, 4) is 12.1 Å². The van der Waals surface area contributed by atoms with E-state index in [9.17, 15) is 0 Å². The standard InChI is InChI=1S/C13H13BrN2/c1-9(2)7-12-10(8-16)3-4-13(14)11(12)5-6-15/h3-4,9H,5,7H2,1-2H3. The van der Waals surface area contributed by atoms with E-state index < -0.39 is 0 Å². The van der Waals surface area contributed by atoms with Crippen molar-refractivity contribution in [2.24, 2.45) is 5.92 Å². The highest BCUT2D eigenvalue weighted by Gasteiger charge is 2.13. The normalized spacial score (nSPS) is 9.88. The second-order valence-electron chi connectivity index (χ2n) is 4.10. The molecule has 0 unspecified atom stereocenters. The zero-order chi connectivity index (χ0) is 12.1. The Morgan fingerprint density at radius 2 is 1.94 bits per heavy atom. The molecule has 16 heavy (non-hydrogen) atoms. The van der Waals surface area contributed by atoms with Gasteiger partial charge in [0.2, 0.25) is 0 Å². The maximum Gasteiger partial charge on any atom is 0.0994 e. The molecule has 1 aromatic carbocycles. The number of benzene rings is 1. The second kappa shape index (κ2) is 5.68. The van der Waals surface area contributed by atoms with Gasteiger partial charge in [-0.15, -0.1) is 0 Å². The van der Waals surface area contributed by atoms with Crippen LogP contribution in [0.1, 0.15) is 30.5 Å². The Kier molecular flexibility index (Phi) is 4.52. The molecule has 1 rings (SSSR count). The van der Waals surface area contributed by atoms with Gasteiger partial charge in [0.1, 0.15) is 0 Å². The molecule has 0 saturated heterocycles. The molecule has 0 spiro atoms. The van der Waals surface area contributed by atoms with Gasteiger partial charge in [0.25, 0.3) is 0 Å². The third kappa shape index (κ3) is 2.84. The van der Waals surface area contributed by atoms with E-state index in [4.69, 9.17) is 10.5 Å². The molecule has 3 heteroatoms. The first-order valence-corrected chi connectivity index (χ1v) is 5.96. The fraction of sp³-hybridized carbons (Fsp3) is 0.385. The molecular weight excluding hydrogens is 264 g/mol. The molecular formula is C13H13BrN2. The van der Waals surface area contributed by atoms with Crippen molar-refractivity contribution in [3.05, 3.63) is 33.3 Å². The highest BCUT2D eigenvalue weighted by Crippen LogP contribution is 2.26. The lowest BCUT2D eigenvalue weighted by Crippen LogP contribution is -2.03. The highest BCUT2D eigenvalue weighted by molar-refractivity contribution is 9.10. The summed E-state index contributed by atoms with van der Waals surface area (Å²) in [5, 5.41) is 17.9. The summed E-state index contributed by atoms with van der Waals surface area (Å²) in [7, 11) is 0. The number of rotatable bonds is 3. The van der Waals surface area contributed by atoms with E-state index in [0.29, 0.717) is 17.9 Å². The van der Waals surface area contributed by atoms with Gasteiger partial charge in [-0.25, -0.2) is 0 Å². The van der Waals surface area contributed by atoms with E-state index in [1.54, 1.807) is 0 Å². The average molecular weight is 277 g/mol. The van der Waals surface area contributed by atoms with Crippen molar-refractivity contribution in [2.45, 2.75) is 26.7 Å². The molecule has 0 aliphatic rings. The largest absolute Gasteiger partial charge is 0.198 e. The summed E-state index contributed by atoms with van der Waals surface area (Å²) in [5.41, 5.74) is 2.64. The fourth-order valence-corrected chi connectivity index (χ4v) is 2.19. The molecule has 2 nitrogen and oxygen atoms in total. The molecule has 0 aliphatic carbocycles. The Bertz CT molecular complexity index is 464. The van der Waals surface area contributed by atoms with Crippen LogP contribution in [0.25, 0.3) is 0 Å². The molecule has 0 bridgehead atoms. The predicted octanol–water partition coefficient (Wildman–Crippen LogP) is 3.59. The molecule has 82 valence electrons. The van der Waals surface area contributed by atoms with Gasteiger partial charge in [0.05, 0.1) is 24.1 Å². The average Bonchev–Trinajstić information content (AvgIpc) is 2.23. The summed E-state index contributed by atoms with van der Waals surface area (Å²) in [6.45, 7) is 4.22. The Balaban J connectivity index is 3.32. The third-order valence-corrected chi connectivity index (χ3v) is 3.11. The van der Waals surface area contributed by atoms with Gasteiger partial charge in [-0.3, -0.25) is 0 Å². The molecule has 0 aliphatic heterocycles. The van der Waals surface area contributed by atoms with E-state index in [1.807, 2.05) is 12.1 Å².